The predicted molar refractivity (Wildman–Crippen MR) is 101 cm³/mol. The predicted octanol–water partition coefficient (Wildman–Crippen LogP) is 2.90. The number of ether oxygens (including phenoxy) is 2. The van der Waals surface area contributed by atoms with Crippen LogP contribution in [0.1, 0.15) is 21.5 Å². The Morgan fingerprint density at radius 3 is 2.70 bits per heavy atom. The fraction of sp³-hybridized carbons (Fsp3) is 0.143. The van der Waals surface area contributed by atoms with E-state index in [4.69, 9.17) is 15.2 Å². The van der Waals surface area contributed by atoms with E-state index >= 15 is 0 Å². The first kappa shape index (κ1) is 18.2. The number of nitrogen functional groups attached to an aromatic ring is 1. The second kappa shape index (κ2) is 5.82. The third-order valence-corrected chi connectivity index (χ3v) is 5.62. The molecule has 7 nitrogen and oxygen atoms in total. The van der Waals surface area contributed by atoms with Gasteiger partial charge in [0.15, 0.2) is 23.0 Å². The molecule has 2 heterocycles. The zero-order valence-corrected chi connectivity index (χ0v) is 15.5. The molecule has 1 spiro atoms. The molecule has 0 bridgehead atoms. The van der Waals surface area contributed by atoms with Crippen LogP contribution in [0.15, 0.2) is 48.0 Å². The van der Waals surface area contributed by atoms with Crippen LogP contribution in [0.3, 0.4) is 0 Å². The molecule has 2 unspecified atom stereocenters. The molecular formula is C21H14F2N2O5. The van der Waals surface area contributed by atoms with Crippen molar-refractivity contribution in [1.29, 1.82) is 0 Å². The van der Waals surface area contributed by atoms with Gasteiger partial charge in [0.2, 0.25) is 5.78 Å². The van der Waals surface area contributed by atoms with Crippen LogP contribution in [0.5, 0.6) is 11.5 Å². The molecule has 1 aliphatic carbocycles. The SMILES string of the molecule is CNc1ccc2c(c1N)C(=O)OC21c2cc(F)c(O)cc2OC2=CC(=O)C(F)=CC21. The molecule has 3 aliphatic rings. The van der Waals surface area contributed by atoms with E-state index in [1.54, 1.807) is 19.2 Å². The third kappa shape index (κ3) is 2.11. The second-order valence-electron chi connectivity index (χ2n) is 7.13. The van der Waals surface area contributed by atoms with Crippen molar-refractivity contribution in [3.63, 3.8) is 0 Å². The minimum absolute atomic E-state index is 0.00294. The summed E-state index contributed by atoms with van der Waals surface area (Å²) in [4.78, 5) is 24.8. The van der Waals surface area contributed by atoms with Gasteiger partial charge < -0.3 is 25.6 Å². The van der Waals surface area contributed by atoms with Gasteiger partial charge >= 0.3 is 5.97 Å². The number of aromatic hydroxyl groups is 1. The van der Waals surface area contributed by atoms with Crippen molar-refractivity contribution in [1.82, 2.24) is 0 Å². The normalized spacial score (nSPS) is 23.6. The van der Waals surface area contributed by atoms with Crippen molar-refractivity contribution in [2.45, 2.75) is 5.60 Å². The van der Waals surface area contributed by atoms with Gasteiger partial charge in [-0.05, 0) is 18.2 Å². The number of fused-ring (bicyclic) bond motifs is 6. The molecule has 0 radical (unpaired) electrons. The van der Waals surface area contributed by atoms with Crippen LogP contribution in [0.2, 0.25) is 0 Å². The zero-order valence-electron chi connectivity index (χ0n) is 15.5. The number of benzene rings is 2. The number of ketones is 1. The number of hydrogen-bond acceptors (Lipinski definition) is 7. The smallest absolute Gasteiger partial charge is 0.342 e. The lowest BCUT2D eigenvalue weighted by molar-refractivity contribution is -0.113. The number of esters is 1. The first-order valence-corrected chi connectivity index (χ1v) is 8.96. The summed E-state index contributed by atoms with van der Waals surface area (Å²) in [7, 11) is 1.63. The van der Waals surface area contributed by atoms with E-state index in [0.717, 1.165) is 24.3 Å². The molecular weight excluding hydrogens is 398 g/mol. The maximum absolute atomic E-state index is 14.3. The second-order valence-corrected chi connectivity index (χ2v) is 7.13. The Labute approximate surface area is 168 Å². The zero-order chi connectivity index (χ0) is 21.4. The molecule has 0 fully saturated rings. The van der Waals surface area contributed by atoms with Gasteiger partial charge in [-0.25, -0.2) is 13.6 Å². The highest BCUT2D eigenvalue weighted by atomic mass is 19.1. The van der Waals surface area contributed by atoms with Crippen molar-refractivity contribution >= 4 is 23.1 Å². The van der Waals surface area contributed by atoms with Gasteiger partial charge in [0.1, 0.15) is 11.5 Å². The molecule has 0 saturated heterocycles. The summed E-state index contributed by atoms with van der Waals surface area (Å²) in [6, 6.07) is 5.16. The number of nitrogens with one attached hydrogen (secondary N) is 1. The fourth-order valence-electron chi connectivity index (χ4n) is 4.27. The van der Waals surface area contributed by atoms with E-state index in [9.17, 15) is 23.5 Å². The molecule has 2 aliphatic heterocycles. The van der Waals surface area contributed by atoms with Crippen LogP contribution >= 0.6 is 0 Å². The summed E-state index contributed by atoms with van der Waals surface area (Å²) in [5, 5.41) is 12.7. The fourth-order valence-corrected chi connectivity index (χ4v) is 4.27. The molecule has 30 heavy (non-hydrogen) atoms. The Morgan fingerprint density at radius 2 is 1.97 bits per heavy atom. The average Bonchev–Trinajstić information content (AvgIpc) is 3.00. The van der Waals surface area contributed by atoms with Crippen LogP contribution in [-0.4, -0.2) is 23.9 Å². The van der Waals surface area contributed by atoms with E-state index in [-0.39, 0.29) is 33.9 Å². The van der Waals surface area contributed by atoms with Gasteiger partial charge in [0.25, 0.3) is 0 Å². The summed E-state index contributed by atoms with van der Waals surface area (Å²) < 4.78 is 40.1. The van der Waals surface area contributed by atoms with E-state index in [0.29, 0.717) is 5.69 Å². The summed E-state index contributed by atoms with van der Waals surface area (Å²) in [5.74, 6) is -5.55. The topological polar surface area (TPSA) is 111 Å². The molecule has 2 atom stereocenters. The number of hydrogen-bond donors (Lipinski definition) is 3. The number of anilines is 2. The maximum Gasteiger partial charge on any atom is 0.342 e. The molecule has 4 N–H and O–H groups in total. The number of carbonyl (C=O) groups is 2. The highest BCUT2D eigenvalue weighted by Crippen LogP contribution is 2.58. The Hall–Kier alpha value is -3.88. The van der Waals surface area contributed by atoms with Gasteiger partial charge in [-0.15, -0.1) is 0 Å². The van der Waals surface area contributed by atoms with Gasteiger partial charge in [0, 0.05) is 30.3 Å². The summed E-state index contributed by atoms with van der Waals surface area (Å²) in [5.41, 5.74) is 5.38. The highest BCUT2D eigenvalue weighted by molar-refractivity contribution is 6.05. The summed E-state index contributed by atoms with van der Waals surface area (Å²) in [6.07, 6.45) is 1.93. The van der Waals surface area contributed by atoms with E-state index in [2.05, 4.69) is 5.32 Å². The highest BCUT2D eigenvalue weighted by Gasteiger charge is 2.59. The lowest BCUT2D eigenvalue weighted by Gasteiger charge is -2.42. The maximum atomic E-state index is 14.3. The van der Waals surface area contributed by atoms with Gasteiger partial charge in [0.05, 0.1) is 22.9 Å². The number of nitrogens with two attached hydrogens (primary N) is 1. The molecule has 0 aromatic heterocycles. The Bertz CT molecular complexity index is 1240. The molecule has 0 amide bonds. The van der Waals surface area contributed by atoms with Crippen molar-refractivity contribution in [3.8, 4) is 11.5 Å². The summed E-state index contributed by atoms with van der Waals surface area (Å²) in [6.45, 7) is 0. The number of halogens is 2. The standard InChI is InChI=1S/C21H14F2N2O5/c1-25-13-3-2-8-18(19(13)24)20(28)30-21(8)9-4-11(22)14(26)6-16(9)29-17-7-15(27)12(23)5-10(17)21/h2-7,9,25,27H,24H2,1H3. The van der Waals surface area contributed by atoms with E-state index in [1.165, 1.54) is 0 Å². The van der Waals surface area contributed by atoms with E-state index in [1.807, 2.05) is 0 Å². The van der Waals surface area contributed by atoms with Crippen molar-refractivity contribution in [2.24, 2.45) is 5.92 Å². The lowest BCUT2D eigenvalue weighted by Crippen LogP contribution is -2.43. The largest absolute Gasteiger partial charge is 0.505 e. The monoisotopic (exact) mass is 412 g/mol. The first-order chi connectivity index (χ1) is 14.3. The molecule has 2 aromatic carbocycles. The molecule has 152 valence electrons. The van der Waals surface area contributed by atoms with Gasteiger partial charge in [-0.3, -0.25) is 4.79 Å². The molecule has 0 saturated carbocycles. The third-order valence-electron chi connectivity index (χ3n) is 5.62. The number of carbonyl (C=O) groups excluding carboxylic acids is 2. The Balaban J connectivity index is 1.89. The number of rotatable bonds is 1. The Kier molecular flexibility index (Phi) is 3.52. The lowest BCUT2D eigenvalue weighted by atomic mass is 9.71. The Morgan fingerprint density at radius 1 is 1.20 bits per heavy atom. The van der Waals surface area contributed by atoms with Crippen LogP contribution in [0, 0.1) is 11.7 Å². The molecule has 9 heteroatoms. The number of phenolic OH excluding ortho intramolecular Hbond substituents is 1. The van der Waals surface area contributed by atoms with Crippen molar-refractivity contribution in [3.05, 3.63) is 70.5 Å². The van der Waals surface area contributed by atoms with Crippen LogP contribution in [0.4, 0.5) is 20.2 Å². The van der Waals surface area contributed by atoms with Crippen LogP contribution < -0.4 is 15.8 Å². The summed E-state index contributed by atoms with van der Waals surface area (Å²) >= 11 is 0. The van der Waals surface area contributed by atoms with Crippen molar-refractivity contribution in [2.75, 3.05) is 18.1 Å². The van der Waals surface area contributed by atoms with Gasteiger partial charge in [-0.2, -0.15) is 0 Å². The van der Waals surface area contributed by atoms with Crippen molar-refractivity contribution < 1.29 is 33.0 Å². The quantitative estimate of drug-likeness (QED) is 0.488. The first-order valence-electron chi connectivity index (χ1n) is 8.96. The van der Waals surface area contributed by atoms with E-state index < -0.39 is 40.7 Å². The minimum Gasteiger partial charge on any atom is -0.505 e. The number of phenols is 1. The average molecular weight is 412 g/mol. The molecule has 2 aromatic rings. The minimum atomic E-state index is -1.74. The number of allylic oxidation sites excluding steroid dienone is 2. The van der Waals surface area contributed by atoms with Gasteiger partial charge in [-0.1, -0.05) is 6.07 Å². The van der Waals surface area contributed by atoms with Crippen LogP contribution in [0.25, 0.3) is 0 Å². The molecule has 5 rings (SSSR count). The van der Waals surface area contributed by atoms with Crippen LogP contribution in [-0.2, 0) is 15.1 Å².